The molecule has 0 spiro atoms. The van der Waals surface area contributed by atoms with Crippen molar-refractivity contribution < 1.29 is 24.2 Å². The van der Waals surface area contributed by atoms with E-state index < -0.39 is 12.1 Å². The van der Waals surface area contributed by atoms with Crippen molar-refractivity contribution in [2.75, 3.05) is 13.1 Å². The van der Waals surface area contributed by atoms with Crippen LogP contribution in [0.15, 0.2) is 24.3 Å². The van der Waals surface area contributed by atoms with Gasteiger partial charge in [-0.2, -0.15) is 0 Å². The van der Waals surface area contributed by atoms with Gasteiger partial charge in [-0.15, -0.1) is 0 Å². The van der Waals surface area contributed by atoms with Gasteiger partial charge >= 0.3 is 5.97 Å². The first-order chi connectivity index (χ1) is 11.5. The predicted octanol–water partition coefficient (Wildman–Crippen LogP) is 2.32. The van der Waals surface area contributed by atoms with Crippen LogP contribution in [0.5, 0.6) is 11.5 Å². The molecule has 3 rings (SSSR count). The van der Waals surface area contributed by atoms with Crippen molar-refractivity contribution >= 4 is 11.9 Å². The van der Waals surface area contributed by atoms with Gasteiger partial charge in [0.25, 0.3) is 5.91 Å². The van der Waals surface area contributed by atoms with E-state index in [1.54, 1.807) is 11.0 Å². The van der Waals surface area contributed by atoms with Crippen LogP contribution in [0.25, 0.3) is 0 Å². The zero-order valence-electron chi connectivity index (χ0n) is 13.8. The Hall–Kier alpha value is -2.24. The molecule has 0 aliphatic carbocycles. The van der Waals surface area contributed by atoms with Gasteiger partial charge in [-0.05, 0) is 44.2 Å². The van der Waals surface area contributed by atoms with Crippen molar-refractivity contribution in [2.24, 2.45) is 5.92 Å². The van der Waals surface area contributed by atoms with E-state index in [0.717, 1.165) is 12.8 Å². The number of rotatable bonds is 4. The maximum absolute atomic E-state index is 12.9. The van der Waals surface area contributed by atoms with E-state index in [-0.39, 0.29) is 24.3 Å². The maximum Gasteiger partial charge on any atom is 0.303 e. The summed E-state index contributed by atoms with van der Waals surface area (Å²) in [6.45, 7) is 3.13. The van der Waals surface area contributed by atoms with Gasteiger partial charge in [0.05, 0.1) is 0 Å². The number of nitrogens with zero attached hydrogens (tertiary/aromatic N) is 1. The van der Waals surface area contributed by atoms with E-state index in [4.69, 9.17) is 14.6 Å². The summed E-state index contributed by atoms with van der Waals surface area (Å²) in [5, 5.41) is 8.83. The number of hydrogen-bond acceptors (Lipinski definition) is 4. The van der Waals surface area contributed by atoms with Crippen LogP contribution in [0, 0.1) is 5.92 Å². The number of carbonyl (C=O) groups excluding carboxylic acids is 1. The Balaban J connectivity index is 1.64. The second-order valence-electron chi connectivity index (χ2n) is 6.53. The Morgan fingerprint density at radius 3 is 2.67 bits per heavy atom. The molecule has 1 aromatic carbocycles. The lowest BCUT2D eigenvalue weighted by Gasteiger charge is -2.38. The van der Waals surface area contributed by atoms with E-state index in [1.807, 2.05) is 25.1 Å². The molecule has 1 amide bonds. The molecule has 1 aromatic rings. The lowest BCUT2D eigenvalue weighted by Crippen LogP contribution is -2.53. The fourth-order valence-electron chi connectivity index (χ4n) is 3.40. The maximum atomic E-state index is 12.9. The Labute approximate surface area is 141 Å². The average Bonchev–Trinajstić information content (AvgIpc) is 2.59. The van der Waals surface area contributed by atoms with Crippen LogP contribution in [-0.2, 0) is 9.59 Å². The summed E-state index contributed by atoms with van der Waals surface area (Å²) >= 11 is 0. The first-order valence-corrected chi connectivity index (χ1v) is 8.47. The number of carboxylic acid groups (broad SMARTS) is 1. The molecule has 2 aliphatic heterocycles. The Morgan fingerprint density at radius 2 is 1.96 bits per heavy atom. The number of amides is 1. The number of carbonyl (C=O) groups is 2. The van der Waals surface area contributed by atoms with Crippen molar-refractivity contribution in [3.63, 3.8) is 0 Å². The first kappa shape index (κ1) is 16.6. The SMILES string of the molecule is C[C@@H]1Oc2ccccc2O[C@H]1C(=O)N1CCC[C@H](CCC(=O)O)C1. The minimum Gasteiger partial charge on any atom is -0.482 e. The minimum atomic E-state index is -0.785. The van der Waals surface area contributed by atoms with Gasteiger partial charge in [-0.1, -0.05) is 12.1 Å². The van der Waals surface area contributed by atoms with Gasteiger partial charge in [0.2, 0.25) is 6.10 Å². The van der Waals surface area contributed by atoms with E-state index >= 15 is 0 Å². The zero-order valence-corrected chi connectivity index (χ0v) is 13.8. The van der Waals surface area contributed by atoms with E-state index in [2.05, 4.69) is 0 Å². The summed E-state index contributed by atoms with van der Waals surface area (Å²) in [6, 6.07) is 7.35. The highest BCUT2D eigenvalue weighted by molar-refractivity contribution is 5.82. The number of piperidine rings is 1. The summed E-state index contributed by atoms with van der Waals surface area (Å²) in [7, 11) is 0. The molecular formula is C18H23NO5. The third-order valence-corrected chi connectivity index (χ3v) is 4.68. The summed E-state index contributed by atoms with van der Waals surface area (Å²) in [6.07, 6.45) is 1.62. The van der Waals surface area contributed by atoms with E-state index in [9.17, 15) is 9.59 Å². The second kappa shape index (κ2) is 7.11. The quantitative estimate of drug-likeness (QED) is 0.915. The molecule has 1 saturated heterocycles. The van der Waals surface area contributed by atoms with Crippen molar-refractivity contribution in [1.29, 1.82) is 0 Å². The van der Waals surface area contributed by atoms with Gasteiger partial charge < -0.3 is 19.5 Å². The second-order valence-corrected chi connectivity index (χ2v) is 6.53. The number of para-hydroxylation sites is 2. The van der Waals surface area contributed by atoms with Crippen molar-refractivity contribution in [3.05, 3.63) is 24.3 Å². The molecule has 6 nitrogen and oxygen atoms in total. The number of benzene rings is 1. The molecule has 24 heavy (non-hydrogen) atoms. The van der Waals surface area contributed by atoms with Crippen LogP contribution in [0.4, 0.5) is 0 Å². The Bertz CT molecular complexity index is 617. The number of aliphatic carboxylic acids is 1. The number of fused-ring (bicyclic) bond motifs is 1. The standard InChI is InChI=1S/C18H23NO5/c1-12-17(24-15-7-3-2-6-14(15)23-12)18(22)19-10-4-5-13(11-19)8-9-16(20)21/h2-3,6-7,12-13,17H,4-5,8-11H2,1H3,(H,20,21)/t12-,13+,17+/m0/s1. The summed E-state index contributed by atoms with van der Waals surface area (Å²) < 4.78 is 11.7. The van der Waals surface area contributed by atoms with Crippen molar-refractivity contribution in [2.45, 2.75) is 44.8 Å². The average molecular weight is 333 g/mol. The van der Waals surface area contributed by atoms with Crippen LogP contribution in [0.2, 0.25) is 0 Å². The molecule has 2 heterocycles. The van der Waals surface area contributed by atoms with Crippen molar-refractivity contribution in [3.8, 4) is 11.5 Å². The minimum absolute atomic E-state index is 0.0722. The third kappa shape index (κ3) is 3.63. The summed E-state index contributed by atoms with van der Waals surface area (Å²) in [5.41, 5.74) is 0. The molecule has 3 atom stereocenters. The molecule has 130 valence electrons. The molecule has 1 N–H and O–H groups in total. The number of ether oxygens (including phenoxy) is 2. The summed E-state index contributed by atoms with van der Waals surface area (Å²) in [5.74, 6) is 0.635. The normalized spacial score (nSPS) is 26.0. The predicted molar refractivity (Wildman–Crippen MR) is 87.1 cm³/mol. The Morgan fingerprint density at radius 1 is 1.25 bits per heavy atom. The smallest absolute Gasteiger partial charge is 0.303 e. The van der Waals surface area contributed by atoms with E-state index in [1.165, 1.54) is 0 Å². The fraction of sp³-hybridized carbons (Fsp3) is 0.556. The molecule has 0 bridgehead atoms. The molecule has 0 saturated carbocycles. The summed E-state index contributed by atoms with van der Waals surface area (Å²) in [4.78, 5) is 25.4. The molecule has 6 heteroatoms. The van der Waals surface area contributed by atoms with Crippen LogP contribution >= 0.6 is 0 Å². The lowest BCUT2D eigenvalue weighted by molar-refractivity contribution is -0.146. The van der Waals surface area contributed by atoms with Crippen LogP contribution in [0.1, 0.15) is 32.6 Å². The highest BCUT2D eigenvalue weighted by Gasteiger charge is 2.38. The molecule has 1 fully saturated rings. The first-order valence-electron chi connectivity index (χ1n) is 8.47. The molecule has 2 aliphatic rings. The van der Waals surface area contributed by atoms with Crippen LogP contribution in [0.3, 0.4) is 0 Å². The molecule has 0 aromatic heterocycles. The fourth-order valence-corrected chi connectivity index (χ4v) is 3.40. The Kier molecular flexibility index (Phi) is 4.92. The highest BCUT2D eigenvalue weighted by atomic mass is 16.6. The van der Waals surface area contributed by atoms with Crippen molar-refractivity contribution in [1.82, 2.24) is 4.90 Å². The third-order valence-electron chi connectivity index (χ3n) is 4.68. The lowest BCUT2D eigenvalue weighted by atomic mass is 9.93. The van der Waals surface area contributed by atoms with Gasteiger partial charge in [0.1, 0.15) is 6.10 Å². The monoisotopic (exact) mass is 333 g/mol. The topological polar surface area (TPSA) is 76.1 Å². The van der Waals surface area contributed by atoms with Gasteiger partial charge in [0.15, 0.2) is 11.5 Å². The van der Waals surface area contributed by atoms with Gasteiger partial charge in [0, 0.05) is 19.5 Å². The van der Waals surface area contributed by atoms with Crippen LogP contribution in [-0.4, -0.2) is 47.2 Å². The van der Waals surface area contributed by atoms with Crippen LogP contribution < -0.4 is 9.47 Å². The van der Waals surface area contributed by atoms with Gasteiger partial charge in [-0.3, -0.25) is 9.59 Å². The zero-order chi connectivity index (χ0) is 17.1. The van der Waals surface area contributed by atoms with E-state index in [0.29, 0.717) is 31.0 Å². The molecule has 0 radical (unpaired) electrons. The molecule has 0 unspecified atom stereocenters. The molecular weight excluding hydrogens is 310 g/mol. The largest absolute Gasteiger partial charge is 0.482 e. The highest BCUT2D eigenvalue weighted by Crippen LogP contribution is 2.34. The number of likely N-dealkylation sites (tertiary alicyclic amines) is 1. The number of carboxylic acids is 1. The number of hydrogen-bond donors (Lipinski definition) is 1. The van der Waals surface area contributed by atoms with Gasteiger partial charge in [-0.25, -0.2) is 0 Å².